The summed E-state index contributed by atoms with van der Waals surface area (Å²) in [4.78, 5) is 0. The minimum atomic E-state index is -4.40. The summed E-state index contributed by atoms with van der Waals surface area (Å²) in [5, 5.41) is 17.0. The molecule has 2 aromatic carbocycles. The van der Waals surface area contributed by atoms with Gasteiger partial charge in [-0.2, -0.15) is 23.4 Å². The number of halogens is 3. The van der Waals surface area contributed by atoms with Crippen LogP contribution in [0.1, 0.15) is 11.1 Å². The Morgan fingerprint density at radius 2 is 1.60 bits per heavy atom. The number of nitrogens with zero attached hydrogens (tertiary/aromatic N) is 2. The van der Waals surface area contributed by atoms with Crippen molar-refractivity contribution in [3.05, 3.63) is 53.6 Å². The van der Waals surface area contributed by atoms with Crippen molar-refractivity contribution in [3.63, 3.8) is 0 Å². The summed E-state index contributed by atoms with van der Waals surface area (Å²) in [5.41, 5.74) is 0.421. The lowest BCUT2D eigenvalue weighted by atomic mass is 10.2. The number of benzene rings is 2. The van der Waals surface area contributed by atoms with Crippen molar-refractivity contribution in [3.8, 4) is 5.75 Å². The van der Waals surface area contributed by atoms with E-state index in [0.717, 1.165) is 12.1 Å². The van der Waals surface area contributed by atoms with Crippen LogP contribution in [0, 0.1) is 6.92 Å². The Balaban J connectivity index is 2.25. The molecule has 0 aliphatic heterocycles. The lowest BCUT2D eigenvalue weighted by Crippen LogP contribution is -2.03. The van der Waals surface area contributed by atoms with E-state index in [9.17, 15) is 18.3 Å². The van der Waals surface area contributed by atoms with Gasteiger partial charge >= 0.3 is 6.18 Å². The standard InChI is InChI=1S/C14H11F3N2O/c1-9-7-12(5-6-13(9)20)19-18-11-4-2-3-10(8-11)14(15,16)17/h2-8,20H,1H3. The predicted molar refractivity (Wildman–Crippen MR) is 68.5 cm³/mol. The number of aromatic hydroxyl groups is 1. The van der Waals surface area contributed by atoms with Crippen LogP contribution in [0.3, 0.4) is 0 Å². The van der Waals surface area contributed by atoms with Crippen molar-refractivity contribution in [2.45, 2.75) is 13.1 Å². The molecule has 0 amide bonds. The molecule has 0 saturated heterocycles. The molecule has 0 saturated carbocycles. The Labute approximate surface area is 113 Å². The van der Waals surface area contributed by atoms with E-state index in [-0.39, 0.29) is 11.4 Å². The molecule has 2 aromatic rings. The van der Waals surface area contributed by atoms with Gasteiger partial charge in [-0.1, -0.05) is 6.07 Å². The lowest BCUT2D eigenvalue weighted by molar-refractivity contribution is -0.137. The summed E-state index contributed by atoms with van der Waals surface area (Å²) < 4.78 is 37.6. The average molecular weight is 280 g/mol. The average Bonchev–Trinajstić information content (AvgIpc) is 2.39. The molecular formula is C14H11F3N2O. The third-order valence-corrected chi connectivity index (χ3v) is 2.63. The molecule has 6 heteroatoms. The Morgan fingerprint density at radius 1 is 0.950 bits per heavy atom. The van der Waals surface area contributed by atoms with Gasteiger partial charge in [-0.15, -0.1) is 0 Å². The number of aryl methyl sites for hydroxylation is 1. The third-order valence-electron chi connectivity index (χ3n) is 2.63. The van der Waals surface area contributed by atoms with Gasteiger partial charge in [-0.3, -0.25) is 0 Å². The van der Waals surface area contributed by atoms with Gasteiger partial charge in [0.2, 0.25) is 0 Å². The van der Waals surface area contributed by atoms with Crippen LogP contribution < -0.4 is 0 Å². The first-order chi connectivity index (χ1) is 9.36. The van der Waals surface area contributed by atoms with E-state index < -0.39 is 11.7 Å². The lowest BCUT2D eigenvalue weighted by Gasteiger charge is -2.06. The van der Waals surface area contributed by atoms with Gasteiger partial charge in [0.1, 0.15) is 5.75 Å². The molecule has 0 unspecified atom stereocenters. The molecule has 2 rings (SSSR count). The first-order valence-corrected chi connectivity index (χ1v) is 5.75. The number of rotatable bonds is 2. The van der Waals surface area contributed by atoms with Gasteiger partial charge in [-0.05, 0) is 48.9 Å². The molecule has 1 N–H and O–H groups in total. The van der Waals surface area contributed by atoms with Gasteiger partial charge in [0, 0.05) is 0 Å². The van der Waals surface area contributed by atoms with Gasteiger partial charge in [-0.25, -0.2) is 0 Å². The molecule has 0 aromatic heterocycles. The van der Waals surface area contributed by atoms with Crippen molar-refractivity contribution in [2.75, 3.05) is 0 Å². The summed E-state index contributed by atoms with van der Waals surface area (Å²) in [5.74, 6) is 0.128. The second kappa shape index (κ2) is 5.32. The van der Waals surface area contributed by atoms with Crippen molar-refractivity contribution in [2.24, 2.45) is 10.2 Å². The molecule has 0 bridgehead atoms. The van der Waals surface area contributed by atoms with Crippen LogP contribution in [0.25, 0.3) is 0 Å². The van der Waals surface area contributed by atoms with E-state index in [0.29, 0.717) is 11.3 Å². The Hall–Kier alpha value is -2.37. The Bertz CT molecular complexity index is 651. The number of phenols is 1. The predicted octanol–water partition coefficient (Wildman–Crippen LogP) is 5.13. The first-order valence-electron chi connectivity index (χ1n) is 5.75. The minimum absolute atomic E-state index is 0.116. The topological polar surface area (TPSA) is 45.0 Å². The number of hydrogen-bond acceptors (Lipinski definition) is 3. The van der Waals surface area contributed by atoms with E-state index in [1.807, 2.05) is 0 Å². The highest BCUT2D eigenvalue weighted by Gasteiger charge is 2.30. The van der Waals surface area contributed by atoms with E-state index in [1.54, 1.807) is 13.0 Å². The van der Waals surface area contributed by atoms with Crippen LogP contribution in [0.2, 0.25) is 0 Å². The highest BCUT2D eigenvalue weighted by atomic mass is 19.4. The van der Waals surface area contributed by atoms with Crippen molar-refractivity contribution < 1.29 is 18.3 Å². The summed E-state index contributed by atoms with van der Waals surface area (Å²) in [6, 6.07) is 9.19. The fraction of sp³-hybridized carbons (Fsp3) is 0.143. The van der Waals surface area contributed by atoms with Crippen LogP contribution >= 0.6 is 0 Å². The quantitative estimate of drug-likeness (QED) is 0.761. The number of hydrogen-bond donors (Lipinski definition) is 1. The largest absolute Gasteiger partial charge is 0.508 e. The minimum Gasteiger partial charge on any atom is -0.508 e. The maximum Gasteiger partial charge on any atom is 0.416 e. The van der Waals surface area contributed by atoms with Crippen molar-refractivity contribution in [1.82, 2.24) is 0 Å². The normalized spacial score (nSPS) is 12.0. The maximum absolute atomic E-state index is 12.5. The molecule has 0 fully saturated rings. The summed E-state index contributed by atoms with van der Waals surface area (Å²) in [6.45, 7) is 1.69. The second-order valence-electron chi connectivity index (χ2n) is 4.22. The monoisotopic (exact) mass is 280 g/mol. The summed E-state index contributed by atoms with van der Waals surface area (Å²) in [7, 11) is 0. The third kappa shape index (κ3) is 3.34. The molecule has 104 valence electrons. The van der Waals surface area contributed by atoms with E-state index in [2.05, 4.69) is 10.2 Å². The Morgan fingerprint density at radius 3 is 2.20 bits per heavy atom. The summed E-state index contributed by atoms with van der Waals surface area (Å²) >= 11 is 0. The van der Waals surface area contributed by atoms with E-state index in [1.165, 1.54) is 24.3 Å². The molecule has 3 nitrogen and oxygen atoms in total. The number of azo groups is 1. The number of phenolic OH excluding ortho intramolecular Hbond substituents is 1. The van der Waals surface area contributed by atoms with Crippen molar-refractivity contribution in [1.29, 1.82) is 0 Å². The molecule has 0 aliphatic carbocycles. The molecule has 0 atom stereocenters. The molecule has 0 spiro atoms. The smallest absolute Gasteiger partial charge is 0.416 e. The first kappa shape index (κ1) is 14.0. The highest BCUT2D eigenvalue weighted by molar-refractivity contribution is 5.47. The summed E-state index contributed by atoms with van der Waals surface area (Å²) in [6.07, 6.45) is -4.40. The fourth-order valence-electron chi connectivity index (χ4n) is 1.56. The number of alkyl halides is 3. The molecule has 0 radical (unpaired) electrons. The van der Waals surface area contributed by atoms with Gasteiger partial charge < -0.3 is 5.11 Å². The van der Waals surface area contributed by atoms with E-state index >= 15 is 0 Å². The molecule has 0 aliphatic rings. The molecule has 0 heterocycles. The van der Waals surface area contributed by atoms with Gasteiger partial charge in [0.15, 0.2) is 0 Å². The molecule has 20 heavy (non-hydrogen) atoms. The zero-order chi connectivity index (χ0) is 14.8. The van der Waals surface area contributed by atoms with Gasteiger partial charge in [0.25, 0.3) is 0 Å². The maximum atomic E-state index is 12.5. The Kier molecular flexibility index (Phi) is 3.74. The van der Waals surface area contributed by atoms with Gasteiger partial charge in [0.05, 0.1) is 16.9 Å². The molecular weight excluding hydrogens is 269 g/mol. The second-order valence-corrected chi connectivity index (χ2v) is 4.22. The van der Waals surface area contributed by atoms with Crippen LogP contribution in [0.4, 0.5) is 24.5 Å². The van der Waals surface area contributed by atoms with E-state index in [4.69, 9.17) is 0 Å². The zero-order valence-corrected chi connectivity index (χ0v) is 10.5. The van der Waals surface area contributed by atoms with Crippen molar-refractivity contribution >= 4 is 11.4 Å². The fourth-order valence-corrected chi connectivity index (χ4v) is 1.56. The highest BCUT2D eigenvalue weighted by Crippen LogP contribution is 2.32. The van der Waals surface area contributed by atoms with Crippen LogP contribution in [-0.2, 0) is 6.18 Å². The van der Waals surface area contributed by atoms with Crippen LogP contribution in [0.15, 0.2) is 52.7 Å². The zero-order valence-electron chi connectivity index (χ0n) is 10.5. The SMILES string of the molecule is Cc1cc(N=Nc2cccc(C(F)(F)F)c2)ccc1O. The van der Waals surface area contributed by atoms with Crippen LogP contribution in [-0.4, -0.2) is 5.11 Å². The van der Waals surface area contributed by atoms with Crippen LogP contribution in [0.5, 0.6) is 5.75 Å².